The largest absolute Gasteiger partial charge is 0.508 e. The van der Waals surface area contributed by atoms with E-state index in [2.05, 4.69) is 49.5 Å². The highest BCUT2D eigenvalue weighted by Gasteiger charge is 2.35. The maximum Gasteiger partial charge on any atom is 0.245 e. The number of carbonyl (C=O) groups excluding carboxylic acids is 9. The number of phenols is 2. The van der Waals surface area contributed by atoms with Crippen molar-refractivity contribution in [2.75, 3.05) is 19.7 Å². The summed E-state index contributed by atoms with van der Waals surface area (Å²) in [5.41, 5.74) is 6.58. The second kappa shape index (κ2) is 36.3. The number of hydrogen-bond donors (Lipinski definition) is 12. The number of benzene rings is 2. The number of unbranched alkanes of at least 4 members (excludes halogenated alkanes) is 10. The maximum absolute atomic E-state index is 13.8. The van der Waals surface area contributed by atoms with E-state index in [0.29, 0.717) is 30.4 Å². The Balaban J connectivity index is 2.13. The van der Waals surface area contributed by atoms with E-state index >= 15 is 0 Å². The second-order valence-electron chi connectivity index (χ2n) is 20.4. The first-order chi connectivity index (χ1) is 36.6. The van der Waals surface area contributed by atoms with Crippen molar-refractivity contribution >= 4 is 53.2 Å². The summed E-state index contributed by atoms with van der Waals surface area (Å²) >= 11 is 0. The van der Waals surface area contributed by atoms with Crippen molar-refractivity contribution in [3.63, 3.8) is 0 Å². The van der Waals surface area contributed by atoms with Crippen LogP contribution < -0.4 is 48.3 Å². The summed E-state index contributed by atoms with van der Waals surface area (Å²) in [6.07, 6.45) is 13.5. The summed E-state index contributed by atoms with van der Waals surface area (Å²) < 4.78 is 0. The first-order valence-corrected chi connectivity index (χ1v) is 27.4. The molecule has 0 unspecified atom stereocenters. The predicted molar refractivity (Wildman–Crippen MR) is 292 cm³/mol. The van der Waals surface area contributed by atoms with Crippen LogP contribution in [0.25, 0.3) is 0 Å². The Morgan fingerprint density at radius 1 is 0.455 bits per heavy atom. The molecule has 21 heteroatoms. The van der Waals surface area contributed by atoms with Gasteiger partial charge in [-0.05, 0) is 59.6 Å². The smallest absolute Gasteiger partial charge is 0.245 e. The average Bonchev–Trinajstić information content (AvgIpc) is 3.40. The van der Waals surface area contributed by atoms with Crippen LogP contribution in [0.2, 0.25) is 0 Å². The molecule has 9 amide bonds. The van der Waals surface area contributed by atoms with Crippen molar-refractivity contribution in [2.45, 2.75) is 187 Å². The lowest BCUT2D eigenvalue weighted by atomic mass is 9.96. The van der Waals surface area contributed by atoms with Crippen LogP contribution in [0.15, 0.2) is 48.5 Å². The van der Waals surface area contributed by atoms with Gasteiger partial charge in [0.05, 0.1) is 19.7 Å². The van der Waals surface area contributed by atoms with Gasteiger partial charge >= 0.3 is 0 Å². The first-order valence-electron chi connectivity index (χ1n) is 27.4. The van der Waals surface area contributed by atoms with E-state index in [1.54, 1.807) is 39.8 Å². The molecule has 0 aliphatic carbocycles. The third kappa shape index (κ3) is 25.8. The van der Waals surface area contributed by atoms with Gasteiger partial charge < -0.3 is 63.6 Å². The molecular weight excluding hydrogens is 991 g/mol. The van der Waals surface area contributed by atoms with Crippen LogP contribution in [0.1, 0.15) is 149 Å². The van der Waals surface area contributed by atoms with Gasteiger partial charge in [-0.3, -0.25) is 43.2 Å². The molecule has 0 fully saturated rings. The number of carbonyl (C=O) groups is 9. The number of aliphatic hydroxyl groups excluding tert-OH is 1. The summed E-state index contributed by atoms with van der Waals surface area (Å²) in [5.74, 6) is -8.08. The fourth-order valence-electron chi connectivity index (χ4n) is 8.32. The lowest BCUT2D eigenvalue weighted by molar-refractivity contribution is -0.136. The number of nitrogens with one attached hydrogen (secondary N) is 8. The van der Waals surface area contributed by atoms with E-state index in [9.17, 15) is 58.5 Å². The molecule has 0 aliphatic rings. The normalized spacial score (nSPS) is 14.2. The van der Waals surface area contributed by atoms with Crippen molar-refractivity contribution in [3.05, 3.63) is 59.7 Å². The minimum Gasteiger partial charge on any atom is -0.508 e. The molecule has 13 N–H and O–H groups in total. The average molecular weight is 1080 g/mol. The molecule has 77 heavy (non-hydrogen) atoms. The summed E-state index contributed by atoms with van der Waals surface area (Å²) in [7, 11) is 0. The number of aromatic hydroxyl groups is 2. The van der Waals surface area contributed by atoms with Crippen LogP contribution in [0.5, 0.6) is 11.5 Å². The zero-order chi connectivity index (χ0) is 57.5. The van der Waals surface area contributed by atoms with E-state index in [-0.39, 0.29) is 49.1 Å². The molecule has 430 valence electrons. The van der Waals surface area contributed by atoms with Crippen LogP contribution in [-0.4, -0.2) is 124 Å². The van der Waals surface area contributed by atoms with Gasteiger partial charge in [-0.15, -0.1) is 0 Å². The van der Waals surface area contributed by atoms with Crippen LogP contribution in [0.3, 0.4) is 0 Å². The molecule has 2 rings (SSSR count). The molecule has 0 spiro atoms. The summed E-state index contributed by atoms with van der Waals surface area (Å²) in [5, 5.41) is 50.6. The maximum atomic E-state index is 13.8. The standard InChI is InChI=1S/C56H89N9O12/c1-8-11-12-13-14-15-16-17-18-19-20-21-45(69)58-32-47(71)63-50(37(7)10-3)56(77)64-48(35(4)5)55(76)62-44(34-66)54(75)61-42(30-38-22-26-40(67)27-23-38)52(73)59-33-46(70)60-43(31-39-24-28-41(68)29-25-39)53(74)65-49(51(57)72)36(6)9-2/h22-29,35-37,42-44,48-50,66-68H,8-21,30-34H2,1-7H3,(H2,57,72)(H,58,69)(H,59,73)(H,60,70)(H,61,75)(H,62,76)(H,63,71)(H,64,77)(H,65,74)/t36-,37-,42-,43-,44-,48-,49-,50-/m0/s1. The number of nitrogens with two attached hydrogens (primary N) is 1. The Kier molecular flexibility index (Phi) is 31.3. The van der Waals surface area contributed by atoms with Crippen molar-refractivity contribution in [2.24, 2.45) is 23.5 Å². The van der Waals surface area contributed by atoms with Crippen molar-refractivity contribution in [1.82, 2.24) is 42.5 Å². The molecule has 0 saturated carbocycles. The van der Waals surface area contributed by atoms with E-state index in [1.807, 2.05) is 13.8 Å². The van der Waals surface area contributed by atoms with Crippen molar-refractivity contribution < 1.29 is 58.5 Å². The molecule has 2 aromatic carbocycles. The zero-order valence-corrected chi connectivity index (χ0v) is 46.3. The Labute approximate surface area is 454 Å². The third-order valence-electron chi connectivity index (χ3n) is 13.6. The molecule has 0 bridgehead atoms. The number of aliphatic hydroxyl groups is 1. The van der Waals surface area contributed by atoms with Crippen LogP contribution in [0, 0.1) is 17.8 Å². The summed E-state index contributed by atoms with van der Waals surface area (Å²) in [4.78, 5) is 120. The SMILES string of the molecule is CCCCCCCCCCCCCC(=O)NCC(=O)N[C@H](C(=O)N[C@H](C(=O)N[C@@H](CO)C(=O)N[C@@H](Cc1ccc(O)cc1)C(=O)NCC(=O)N[C@@H](Cc1ccc(O)cc1)C(=O)N[C@H](C(N)=O)[C@@H](C)CC)C(C)C)[C@@H](C)CC. The Hall–Kier alpha value is -6.77. The highest BCUT2D eigenvalue weighted by molar-refractivity contribution is 5.97. The van der Waals surface area contributed by atoms with Gasteiger partial charge in [-0.25, -0.2) is 0 Å². The molecule has 0 saturated heterocycles. The molecule has 0 aliphatic heterocycles. The Morgan fingerprint density at radius 2 is 0.870 bits per heavy atom. The number of phenolic OH excluding ortho intramolecular Hbond substituents is 2. The highest BCUT2D eigenvalue weighted by atomic mass is 16.3. The molecule has 21 nitrogen and oxygen atoms in total. The van der Waals surface area contributed by atoms with Crippen LogP contribution >= 0.6 is 0 Å². The first kappa shape index (κ1) is 66.3. The number of amides is 9. The molecule has 2 aromatic rings. The Bertz CT molecular complexity index is 2180. The predicted octanol–water partition coefficient (Wildman–Crippen LogP) is 2.95. The Morgan fingerprint density at radius 3 is 1.35 bits per heavy atom. The summed E-state index contributed by atoms with van der Waals surface area (Å²) in [6.45, 7) is 10.6. The second-order valence-corrected chi connectivity index (χ2v) is 20.4. The highest BCUT2D eigenvalue weighted by Crippen LogP contribution is 2.16. The molecular formula is C56H89N9O12. The van der Waals surface area contributed by atoms with Gasteiger partial charge in [0.1, 0.15) is 47.8 Å². The van der Waals surface area contributed by atoms with E-state index in [1.165, 1.54) is 81.3 Å². The third-order valence-corrected chi connectivity index (χ3v) is 13.6. The van der Waals surface area contributed by atoms with Gasteiger partial charge in [-0.2, -0.15) is 0 Å². The number of hydrogen-bond acceptors (Lipinski definition) is 12. The lowest BCUT2D eigenvalue weighted by Crippen LogP contribution is -2.61. The van der Waals surface area contributed by atoms with Gasteiger partial charge in [0, 0.05) is 19.3 Å². The molecule has 0 aromatic heterocycles. The minimum absolute atomic E-state index is 0.0316. The topological polar surface area (TPSA) is 337 Å². The van der Waals surface area contributed by atoms with Crippen LogP contribution in [-0.2, 0) is 56.0 Å². The van der Waals surface area contributed by atoms with E-state index in [4.69, 9.17) is 5.73 Å². The minimum atomic E-state index is -1.66. The van der Waals surface area contributed by atoms with Crippen molar-refractivity contribution in [1.29, 1.82) is 0 Å². The quantitative estimate of drug-likeness (QED) is 0.0432. The van der Waals surface area contributed by atoms with Gasteiger partial charge in [0.15, 0.2) is 0 Å². The lowest BCUT2D eigenvalue weighted by Gasteiger charge is -2.29. The van der Waals surface area contributed by atoms with E-state index in [0.717, 1.165) is 19.3 Å². The van der Waals surface area contributed by atoms with Gasteiger partial charge in [-0.1, -0.05) is 150 Å². The van der Waals surface area contributed by atoms with Crippen molar-refractivity contribution in [3.8, 4) is 11.5 Å². The van der Waals surface area contributed by atoms with Crippen LogP contribution in [0.4, 0.5) is 0 Å². The number of primary amides is 1. The summed E-state index contributed by atoms with van der Waals surface area (Å²) in [6, 6.07) is 3.77. The van der Waals surface area contributed by atoms with E-state index < -0.39 is 108 Å². The molecule has 0 heterocycles. The molecule has 8 atom stereocenters. The fraction of sp³-hybridized carbons (Fsp3) is 0.625. The fourth-order valence-corrected chi connectivity index (χ4v) is 8.32. The monoisotopic (exact) mass is 1080 g/mol. The van der Waals surface area contributed by atoms with Gasteiger partial charge in [0.25, 0.3) is 0 Å². The molecule has 0 radical (unpaired) electrons. The number of rotatable bonds is 38. The zero-order valence-electron chi connectivity index (χ0n) is 46.3. The van der Waals surface area contributed by atoms with Gasteiger partial charge in [0.2, 0.25) is 53.2 Å².